The van der Waals surface area contributed by atoms with E-state index in [1.807, 2.05) is 23.9 Å². The molecular weight excluding hydrogens is 270 g/mol. The molecule has 0 aliphatic rings. The summed E-state index contributed by atoms with van der Waals surface area (Å²) < 4.78 is 2.71. The van der Waals surface area contributed by atoms with Crippen molar-refractivity contribution in [3.63, 3.8) is 0 Å². The number of rotatable bonds is 3. The number of nitrogens with two attached hydrogens (primary N) is 1. The summed E-state index contributed by atoms with van der Waals surface area (Å²) in [4.78, 5) is 4.05. The molecule has 84 valence electrons. The molecule has 0 atom stereocenters. The standard InChI is InChI=1S/C10H12BrN5/c1-16-8(2-3-15-16)6-13-9-4-7(11)5-14-10(9)12/h2-5,13H,6H2,1H3,(H2,12,14). The van der Waals surface area contributed by atoms with Crippen molar-refractivity contribution in [2.45, 2.75) is 6.54 Å². The van der Waals surface area contributed by atoms with Crippen LogP contribution in [0.15, 0.2) is 29.0 Å². The van der Waals surface area contributed by atoms with E-state index in [2.05, 4.69) is 31.3 Å². The lowest BCUT2D eigenvalue weighted by molar-refractivity contribution is 0.720. The lowest BCUT2D eigenvalue weighted by Crippen LogP contribution is -2.07. The monoisotopic (exact) mass is 281 g/mol. The summed E-state index contributed by atoms with van der Waals surface area (Å²) >= 11 is 3.35. The van der Waals surface area contributed by atoms with Gasteiger partial charge in [0.15, 0.2) is 0 Å². The van der Waals surface area contributed by atoms with E-state index < -0.39 is 0 Å². The van der Waals surface area contributed by atoms with Crippen LogP contribution in [0.2, 0.25) is 0 Å². The first kappa shape index (κ1) is 10.9. The zero-order valence-electron chi connectivity index (χ0n) is 8.81. The fourth-order valence-electron chi connectivity index (χ4n) is 1.35. The molecule has 0 saturated heterocycles. The van der Waals surface area contributed by atoms with Gasteiger partial charge in [-0.2, -0.15) is 5.10 Å². The molecular formula is C10H12BrN5. The molecule has 5 nitrogen and oxygen atoms in total. The molecule has 0 unspecified atom stereocenters. The fraction of sp³-hybridized carbons (Fsp3) is 0.200. The highest BCUT2D eigenvalue weighted by Crippen LogP contribution is 2.20. The summed E-state index contributed by atoms with van der Waals surface area (Å²) in [5, 5.41) is 7.31. The third-order valence-electron chi connectivity index (χ3n) is 2.27. The van der Waals surface area contributed by atoms with Crippen molar-refractivity contribution in [1.29, 1.82) is 0 Å². The first-order valence-electron chi connectivity index (χ1n) is 4.78. The molecule has 6 heteroatoms. The minimum absolute atomic E-state index is 0.491. The highest BCUT2D eigenvalue weighted by molar-refractivity contribution is 9.10. The highest BCUT2D eigenvalue weighted by Gasteiger charge is 2.03. The number of nitrogen functional groups attached to an aromatic ring is 1. The second-order valence-electron chi connectivity index (χ2n) is 3.39. The second-order valence-corrected chi connectivity index (χ2v) is 4.30. The van der Waals surface area contributed by atoms with Crippen molar-refractivity contribution in [2.24, 2.45) is 7.05 Å². The van der Waals surface area contributed by atoms with Gasteiger partial charge < -0.3 is 11.1 Å². The Bertz CT molecular complexity index is 494. The van der Waals surface area contributed by atoms with Gasteiger partial charge in [0.25, 0.3) is 0 Å². The molecule has 0 saturated carbocycles. The van der Waals surface area contributed by atoms with Crippen LogP contribution in [0.3, 0.4) is 0 Å². The Morgan fingerprint density at radius 1 is 1.56 bits per heavy atom. The predicted molar refractivity (Wildman–Crippen MR) is 66.9 cm³/mol. The predicted octanol–water partition coefficient (Wildman–Crippen LogP) is 1.77. The fourth-order valence-corrected chi connectivity index (χ4v) is 1.68. The Kier molecular flexibility index (Phi) is 3.09. The van der Waals surface area contributed by atoms with Crippen LogP contribution in [0.4, 0.5) is 11.5 Å². The maximum Gasteiger partial charge on any atom is 0.146 e. The number of pyridine rings is 1. The molecule has 3 N–H and O–H groups in total. The molecule has 0 bridgehead atoms. The van der Waals surface area contributed by atoms with Gasteiger partial charge >= 0.3 is 0 Å². The van der Waals surface area contributed by atoms with Crippen LogP contribution in [0.25, 0.3) is 0 Å². The van der Waals surface area contributed by atoms with Crippen LogP contribution < -0.4 is 11.1 Å². The second kappa shape index (κ2) is 4.52. The number of anilines is 2. The van der Waals surface area contributed by atoms with E-state index in [9.17, 15) is 0 Å². The summed E-state index contributed by atoms with van der Waals surface area (Å²) in [6, 6.07) is 3.85. The number of hydrogen-bond donors (Lipinski definition) is 2. The Morgan fingerprint density at radius 3 is 3.06 bits per heavy atom. The summed E-state index contributed by atoms with van der Waals surface area (Å²) in [6.45, 7) is 0.666. The van der Waals surface area contributed by atoms with Crippen molar-refractivity contribution in [2.75, 3.05) is 11.1 Å². The molecule has 0 spiro atoms. The van der Waals surface area contributed by atoms with E-state index in [0.717, 1.165) is 15.9 Å². The number of aryl methyl sites for hydroxylation is 1. The zero-order chi connectivity index (χ0) is 11.5. The number of hydrogen-bond acceptors (Lipinski definition) is 4. The van der Waals surface area contributed by atoms with Crippen molar-refractivity contribution < 1.29 is 0 Å². The van der Waals surface area contributed by atoms with Crippen molar-refractivity contribution in [3.05, 3.63) is 34.7 Å². The minimum Gasteiger partial charge on any atom is -0.382 e. The summed E-state index contributed by atoms with van der Waals surface area (Å²) in [7, 11) is 1.90. The molecule has 2 aromatic heterocycles. The quantitative estimate of drug-likeness (QED) is 0.900. The maximum absolute atomic E-state index is 5.75. The van der Waals surface area contributed by atoms with Crippen LogP contribution in [0, 0.1) is 0 Å². The third-order valence-corrected chi connectivity index (χ3v) is 2.70. The maximum atomic E-state index is 5.75. The van der Waals surface area contributed by atoms with E-state index in [-0.39, 0.29) is 0 Å². The Hall–Kier alpha value is -1.56. The van der Waals surface area contributed by atoms with E-state index in [1.54, 1.807) is 12.4 Å². The van der Waals surface area contributed by atoms with Crippen molar-refractivity contribution in [1.82, 2.24) is 14.8 Å². The van der Waals surface area contributed by atoms with E-state index in [1.165, 1.54) is 0 Å². The van der Waals surface area contributed by atoms with Gasteiger partial charge in [0.05, 0.1) is 17.9 Å². The molecule has 2 aromatic rings. The zero-order valence-corrected chi connectivity index (χ0v) is 10.4. The van der Waals surface area contributed by atoms with Gasteiger partial charge in [0.2, 0.25) is 0 Å². The molecule has 2 rings (SSSR count). The smallest absolute Gasteiger partial charge is 0.146 e. The lowest BCUT2D eigenvalue weighted by atomic mass is 10.3. The lowest BCUT2D eigenvalue weighted by Gasteiger charge is -2.08. The number of nitrogens with zero attached hydrogens (tertiary/aromatic N) is 3. The topological polar surface area (TPSA) is 68.8 Å². The molecule has 16 heavy (non-hydrogen) atoms. The average Bonchev–Trinajstić information content (AvgIpc) is 2.66. The molecule has 0 aliphatic carbocycles. The van der Waals surface area contributed by atoms with Crippen LogP contribution >= 0.6 is 15.9 Å². The largest absolute Gasteiger partial charge is 0.382 e. The summed E-state index contributed by atoms with van der Waals surface area (Å²) in [5.74, 6) is 0.491. The normalized spacial score (nSPS) is 10.4. The van der Waals surface area contributed by atoms with Crippen molar-refractivity contribution in [3.8, 4) is 0 Å². The number of nitrogens with one attached hydrogen (secondary N) is 1. The summed E-state index contributed by atoms with van der Waals surface area (Å²) in [6.07, 6.45) is 3.43. The van der Waals surface area contributed by atoms with E-state index >= 15 is 0 Å². The van der Waals surface area contributed by atoms with Crippen LogP contribution in [-0.2, 0) is 13.6 Å². The minimum atomic E-state index is 0.491. The first-order chi connectivity index (χ1) is 7.66. The van der Waals surface area contributed by atoms with Gasteiger partial charge in [-0.1, -0.05) is 0 Å². The number of aromatic nitrogens is 3. The van der Waals surface area contributed by atoms with Gasteiger partial charge in [-0.05, 0) is 28.1 Å². The average molecular weight is 282 g/mol. The molecule has 0 aromatic carbocycles. The van der Waals surface area contributed by atoms with Crippen LogP contribution in [-0.4, -0.2) is 14.8 Å². The molecule has 0 fully saturated rings. The molecule has 2 heterocycles. The molecule has 0 aliphatic heterocycles. The Labute approximate surface area is 102 Å². The summed E-state index contributed by atoms with van der Waals surface area (Å²) in [5.41, 5.74) is 7.65. The van der Waals surface area contributed by atoms with E-state index in [4.69, 9.17) is 5.73 Å². The SMILES string of the molecule is Cn1nccc1CNc1cc(Br)cnc1N. The molecule has 0 radical (unpaired) electrons. The highest BCUT2D eigenvalue weighted by atomic mass is 79.9. The Morgan fingerprint density at radius 2 is 2.38 bits per heavy atom. The van der Waals surface area contributed by atoms with E-state index in [0.29, 0.717) is 12.4 Å². The Balaban J connectivity index is 2.10. The van der Waals surface area contributed by atoms with Gasteiger partial charge in [0, 0.05) is 23.9 Å². The first-order valence-corrected chi connectivity index (χ1v) is 5.58. The van der Waals surface area contributed by atoms with Crippen LogP contribution in [0.5, 0.6) is 0 Å². The van der Waals surface area contributed by atoms with Crippen LogP contribution in [0.1, 0.15) is 5.69 Å². The van der Waals surface area contributed by atoms with Crippen molar-refractivity contribution >= 4 is 27.4 Å². The van der Waals surface area contributed by atoms with Gasteiger partial charge in [-0.3, -0.25) is 4.68 Å². The van der Waals surface area contributed by atoms with Gasteiger partial charge in [-0.25, -0.2) is 4.98 Å². The van der Waals surface area contributed by atoms with Gasteiger partial charge in [0.1, 0.15) is 5.82 Å². The molecule has 0 amide bonds. The number of halogens is 1. The third kappa shape index (κ3) is 2.33. The van der Waals surface area contributed by atoms with Gasteiger partial charge in [-0.15, -0.1) is 0 Å².